The van der Waals surface area contributed by atoms with Gasteiger partial charge in [0.2, 0.25) is 0 Å². The molecular formula is C20H16N2O3. The van der Waals surface area contributed by atoms with Crippen molar-refractivity contribution in [2.75, 3.05) is 0 Å². The van der Waals surface area contributed by atoms with Crippen LogP contribution in [0.25, 0.3) is 0 Å². The van der Waals surface area contributed by atoms with Crippen LogP contribution in [-0.2, 0) is 0 Å². The molecule has 0 aliphatic carbocycles. The van der Waals surface area contributed by atoms with Crippen LogP contribution in [0.3, 0.4) is 0 Å². The van der Waals surface area contributed by atoms with Crippen LogP contribution in [-0.4, -0.2) is 21.8 Å². The average Bonchev–Trinajstić information content (AvgIpc) is 2.65. The molecule has 0 heterocycles. The molecule has 25 heavy (non-hydrogen) atoms. The van der Waals surface area contributed by atoms with Crippen LogP contribution in [0.2, 0.25) is 0 Å². The smallest absolute Gasteiger partial charge is 0.275 e. The molecule has 0 aromatic heterocycles. The number of nitrogens with zero attached hydrogens (tertiary/aromatic N) is 1. The van der Waals surface area contributed by atoms with E-state index >= 15 is 0 Å². The Hall–Kier alpha value is -3.60. The molecular weight excluding hydrogens is 316 g/mol. The summed E-state index contributed by atoms with van der Waals surface area (Å²) in [4.78, 5) is 12.3. The average molecular weight is 332 g/mol. The molecule has 5 nitrogen and oxygen atoms in total. The Morgan fingerprint density at radius 2 is 1.36 bits per heavy atom. The van der Waals surface area contributed by atoms with Gasteiger partial charge in [0.05, 0.1) is 11.3 Å². The number of phenolic OH excluding ortho intramolecular Hbond substituents is 2. The van der Waals surface area contributed by atoms with Crippen molar-refractivity contribution in [2.45, 2.75) is 0 Å². The van der Waals surface area contributed by atoms with Crippen LogP contribution >= 0.6 is 0 Å². The van der Waals surface area contributed by atoms with Crippen LogP contribution in [0, 0.1) is 0 Å². The number of hydrazone groups is 1. The van der Waals surface area contributed by atoms with Gasteiger partial charge in [0.1, 0.15) is 11.5 Å². The molecule has 5 heteroatoms. The van der Waals surface area contributed by atoms with E-state index in [4.69, 9.17) is 0 Å². The number of aromatic hydroxyl groups is 2. The number of nitrogens with one attached hydrogen (secondary N) is 1. The van der Waals surface area contributed by atoms with Crippen molar-refractivity contribution in [3.63, 3.8) is 0 Å². The van der Waals surface area contributed by atoms with Crippen LogP contribution in [0.1, 0.15) is 21.5 Å². The van der Waals surface area contributed by atoms with E-state index in [1.165, 1.54) is 18.2 Å². The van der Waals surface area contributed by atoms with Gasteiger partial charge in [0.15, 0.2) is 0 Å². The normalized spacial score (nSPS) is 10.1. The van der Waals surface area contributed by atoms with Crippen molar-refractivity contribution in [3.8, 4) is 11.5 Å². The van der Waals surface area contributed by atoms with E-state index in [9.17, 15) is 15.0 Å². The lowest BCUT2D eigenvalue weighted by atomic mass is 10.0. The second-order valence-corrected chi connectivity index (χ2v) is 5.33. The Balaban J connectivity index is 1.94. The minimum atomic E-state index is -0.613. The third-order valence-electron chi connectivity index (χ3n) is 3.59. The second-order valence-electron chi connectivity index (χ2n) is 5.33. The highest BCUT2D eigenvalue weighted by Gasteiger charge is 2.13. The van der Waals surface area contributed by atoms with Crippen molar-refractivity contribution in [1.82, 2.24) is 5.43 Å². The number of hydrogen-bond acceptors (Lipinski definition) is 4. The highest BCUT2D eigenvalue weighted by Crippen LogP contribution is 2.22. The standard InChI is InChI=1S/C20H16N2O3/c23-16-11-12-18(24)17(13-16)20(25)22-21-19(14-7-3-1-4-8-14)15-9-5-2-6-10-15/h1-13,23-24H,(H,22,25). The van der Waals surface area contributed by atoms with Gasteiger partial charge in [0, 0.05) is 11.1 Å². The van der Waals surface area contributed by atoms with E-state index in [-0.39, 0.29) is 17.1 Å². The molecule has 0 saturated heterocycles. The summed E-state index contributed by atoms with van der Waals surface area (Å²) >= 11 is 0. The van der Waals surface area contributed by atoms with Gasteiger partial charge in [-0.25, -0.2) is 5.43 Å². The van der Waals surface area contributed by atoms with Gasteiger partial charge in [-0.05, 0) is 18.2 Å². The molecule has 3 aromatic rings. The zero-order valence-corrected chi connectivity index (χ0v) is 13.3. The van der Waals surface area contributed by atoms with E-state index in [2.05, 4.69) is 10.5 Å². The summed E-state index contributed by atoms with van der Waals surface area (Å²) in [6.07, 6.45) is 0. The zero-order valence-electron chi connectivity index (χ0n) is 13.3. The molecule has 0 bridgehead atoms. The number of phenols is 2. The lowest BCUT2D eigenvalue weighted by Gasteiger charge is -2.09. The number of rotatable bonds is 4. The number of carbonyl (C=O) groups excluding carboxylic acids is 1. The highest BCUT2D eigenvalue weighted by atomic mass is 16.3. The predicted octanol–water partition coefficient (Wildman–Crippen LogP) is 3.28. The Bertz CT molecular complexity index is 865. The van der Waals surface area contributed by atoms with Crippen molar-refractivity contribution >= 4 is 11.6 Å². The molecule has 0 fully saturated rings. The van der Waals surface area contributed by atoms with Gasteiger partial charge in [-0.2, -0.15) is 5.10 Å². The molecule has 0 aliphatic rings. The third kappa shape index (κ3) is 3.84. The first-order chi connectivity index (χ1) is 12.1. The minimum Gasteiger partial charge on any atom is -0.508 e. The molecule has 1 amide bonds. The summed E-state index contributed by atoms with van der Waals surface area (Å²) in [6.45, 7) is 0. The van der Waals surface area contributed by atoms with E-state index in [0.717, 1.165) is 11.1 Å². The van der Waals surface area contributed by atoms with E-state index < -0.39 is 5.91 Å². The van der Waals surface area contributed by atoms with Crippen LogP contribution < -0.4 is 5.43 Å². The Morgan fingerprint density at radius 1 is 0.800 bits per heavy atom. The topological polar surface area (TPSA) is 81.9 Å². The first-order valence-corrected chi connectivity index (χ1v) is 7.66. The van der Waals surface area contributed by atoms with Crippen molar-refractivity contribution in [3.05, 3.63) is 95.6 Å². The SMILES string of the molecule is O=C(NN=C(c1ccccc1)c1ccccc1)c1cc(O)ccc1O. The fraction of sp³-hybridized carbons (Fsp3) is 0. The molecule has 0 unspecified atom stereocenters. The summed E-state index contributed by atoms with van der Waals surface area (Å²) in [5.41, 5.74) is 4.67. The van der Waals surface area contributed by atoms with Gasteiger partial charge in [-0.1, -0.05) is 60.7 Å². The number of amides is 1. The van der Waals surface area contributed by atoms with Gasteiger partial charge >= 0.3 is 0 Å². The number of benzene rings is 3. The summed E-state index contributed by atoms with van der Waals surface area (Å²) in [5, 5.41) is 23.5. The van der Waals surface area contributed by atoms with Gasteiger partial charge in [-0.15, -0.1) is 0 Å². The maximum atomic E-state index is 12.3. The van der Waals surface area contributed by atoms with Gasteiger partial charge in [-0.3, -0.25) is 4.79 Å². The van der Waals surface area contributed by atoms with Crippen molar-refractivity contribution in [2.24, 2.45) is 5.10 Å². The predicted molar refractivity (Wildman–Crippen MR) is 95.8 cm³/mol. The molecule has 3 rings (SSSR count). The summed E-state index contributed by atoms with van der Waals surface area (Å²) in [6, 6.07) is 22.6. The zero-order chi connectivity index (χ0) is 17.6. The quantitative estimate of drug-likeness (QED) is 0.389. The molecule has 0 atom stereocenters. The maximum absolute atomic E-state index is 12.3. The van der Waals surface area contributed by atoms with E-state index in [0.29, 0.717) is 5.71 Å². The Kier molecular flexibility index (Phi) is 4.76. The molecule has 3 N–H and O–H groups in total. The lowest BCUT2D eigenvalue weighted by Crippen LogP contribution is -2.20. The molecule has 0 radical (unpaired) electrons. The Labute approximate surface area is 144 Å². The monoisotopic (exact) mass is 332 g/mol. The number of hydrogen-bond donors (Lipinski definition) is 3. The first-order valence-electron chi connectivity index (χ1n) is 7.66. The van der Waals surface area contributed by atoms with Gasteiger partial charge < -0.3 is 10.2 Å². The summed E-state index contributed by atoms with van der Waals surface area (Å²) in [7, 11) is 0. The summed E-state index contributed by atoms with van der Waals surface area (Å²) in [5.74, 6) is -0.956. The molecule has 0 spiro atoms. The largest absolute Gasteiger partial charge is 0.508 e. The molecule has 3 aromatic carbocycles. The molecule has 124 valence electrons. The number of carbonyl (C=O) groups is 1. The minimum absolute atomic E-state index is 0.0516. The molecule has 0 aliphatic heterocycles. The highest BCUT2D eigenvalue weighted by molar-refractivity contribution is 6.13. The Morgan fingerprint density at radius 3 is 1.92 bits per heavy atom. The lowest BCUT2D eigenvalue weighted by molar-refractivity contribution is 0.0952. The third-order valence-corrected chi connectivity index (χ3v) is 3.59. The summed E-state index contributed by atoms with van der Waals surface area (Å²) < 4.78 is 0. The first kappa shape index (κ1) is 16.3. The van der Waals surface area contributed by atoms with E-state index in [1.54, 1.807) is 0 Å². The fourth-order valence-electron chi connectivity index (χ4n) is 2.36. The second kappa shape index (κ2) is 7.31. The maximum Gasteiger partial charge on any atom is 0.275 e. The van der Waals surface area contributed by atoms with Crippen molar-refractivity contribution < 1.29 is 15.0 Å². The van der Waals surface area contributed by atoms with Crippen LogP contribution in [0.4, 0.5) is 0 Å². The van der Waals surface area contributed by atoms with E-state index in [1.807, 2.05) is 60.7 Å². The van der Waals surface area contributed by atoms with Gasteiger partial charge in [0.25, 0.3) is 5.91 Å². The molecule has 0 saturated carbocycles. The van der Waals surface area contributed by atoms with Crippen LogP contribution in [0.15, 0.2) is 84.0 Å². The fourth-order valence-corrected chi connectivity index (χ4v) is 2.36. The van der Waals surface area contributed by atoms with Crippen LogP contribution in [0.5, 0.6) is 11.5 Å². The van der Waals surface area contributed by atoms with Crippen molar-refractivity contribution in [1.29, 1.82) is 0 Å².